The summed E-state index contributed by atoms with van der Waals surface area (Å²) in [5.74, 6) is -0.375. The van der Waals surface area contributed by atoms with Crippen molar-refractivity contribution in [2.75, 3.05) is 0 Å². The van der Waals surface area contributed by atoms with Gasteiger partial charge >= 0.3 is 6.18 Å². The first-order valence-electron chi connectivity index (χ1n) is 7.46. The summed E-state index contributed by atoms with van der Waals surface area (Å²) in [4.78, 5) is 17.9. The molecule has 0 spiro atoms. The maximum atomic E-state index is 12.9. The van der Waals surface area contributed by atoms with Crippen LogP contribution in [0.2, 0.25) is 0 Å². The van der Waals surface area contributed by atoms with Crippen LogP contribution in [0.4, 0.5) is 13.2 Å². The molecule has 23 heavy (non-hydrogen) atoms. The Balaban J connectivity index is 2.49. The highest BCUT2D eigenvalue weighted by Crippen LogP contribution is 2.31. The van der Waals surface area contributed by atoms with E-state index >= 15 is 0 Å². The number of fused-ring (bicyclic) bond motifs is 1. The number of aliphatic imine (C=N–C) groups is 1. The number of hydrogen-bond donors (Lipinski definition) is 1. The van der Waals surface area contributed by atoms with Gasteiger partial charge in [0.25, 0.3) is 0 Å². The lowest BCUT2D eigenvalue weighted by molar-refractivity contribution is -0.155. The predicted octanol–water partition coefficient (Wildman–Crippen LogP) is 3.69. The second-order valence-corrected chi connectivity index (χ2v) is 6.19. The fraction of sp³-hybridized carbons (Fsp3) is 0.600. The molecular formula is C15H19ClF3N3O. The number of nitrogens with zero attached hydrogens (tertiary/aromatic N) is 2. The van der Waals surface area contributed by atoms with Crippen molar-refractivity contribution in [2.24, 2.45) is 4.99 Å². The second kappa shape index (κ2) is 6.55. The van der Waals surface area contributed by atoms with Crippen LogP contribution in [0.1, 0.15) is 40.0 Å². The van der Waals surface area contributed by atoms with E-state index < -0.39 is 24.5 Å². The average molecular weight is 350 g/mol. The van der Waals surface area contributed by atoms with Gasteiger partial charge in [-0.15, -0.1) is 0 Å². The van der Waals surface area contributed by atoms with Crippen molar-refractivity contribution >= 4 is 23.3 Å². The van der Waals surface area contributed by atoms with Crippen LogP contribution in [0, 0.1) is 0 Å². The zero-order valence-electron chi connectivity index (χ0n) is 13.2. The number of alkyl halides is 3. The molecule has 0 radical (unpaired) electrons. The lowest BCUT2D eigenvalue weighted by atomic mass is 10.0. The molecule has 128 valence electrons. The first kappa shape index (κ1) is 17.8. The molecule has 0 aromatic heterocycles. The minimum absolute atomic E-state index is 0.279. The fourth-order valence-electron chi connectivity index (χ4n) is 2.73. The van der Waals surface area contributed by atoms with E-state index in [9.17, 15) is 18.0 Å². The predicted molar refractivity (Wildman–Crippen MR) is 82.9 cm³/mol. The van der Waals surface area contributed by atoms with Crippen LogP contribution in [-0.2, 0) is 4.79 Å². The quantitative estimate of drug-likeness (QED) is 0.790. The summed E-state index contributed by atoms with van der Waals surface area (Å²) in [6.45, 7) is 5.38. The first-order chi connectivity index (χ1) is 10.6. The van der Waals surface area contributed by atoms with Gasteiger partial charge in [0, 0.05) is 6.04 Å². The Kier molecular flexibility index (Phi) is 5.08. The van der Waals surface area contributed by atoms with Gasteiger partial charge in [0.1, 0.15) is 11.2 Å². The van der Waals surface area contributed by atoms with Crippen LogP contribution in [0.5, 0.6) is 0 Å². The number of piperazine rings is 1. The third-order valence-electron chi connectivity index (χ3n) is 3.84. The molecule has 2 rings (SSSR count). The van der Waals surface area contributed by atoms with Gasteiger partial charge in [-0.3, -0.25) is 4.79 Å². The number of hydrogen-bond acceptors (Lipinski definition) is 3. The lowest BCUT2D eigenvalue weighted by Crippen LogP contribution is -2.60. The third kappa shape index (κ3) is 3.88. The van der Waals surface area contributed by atoms with E-state index in [1.807, 2.05) is 6.92 Å². The van der Waals surface area contributed by atoms with Crippen LogP contribution >= 0.6 is 11.6 Å². The maximum Gasteiger partial charge on any atom is 0.391 e. The maximum absolute atomic E-state index is 12.9. The van der Waals surface area contributed by atoms with Crippen LogP contribution in [-0.4, -0.2) is 34.9 Å². The number of carbonyl (C=O) groups excluding carboxylic acids is 1. The molecule has 0 aromatic carbocycles. The molecule has 2 heterocycles. The lowest BCUT2D eigenvalue weighted by Gasteiger charge is -2.41. The van der Waals surface area contributed by atoms with Gasteiger partial charge in [0.15, 0.2) is 5.84 Å². The number of nitrogens with one attached hydrogen (secondary N) is 1. The van der Waals surface area contributed by atoms with E-state index in [2.05, 4.69) is 10.3 Å². The average Bonchev–Trinajstić information content (AvgIpc) is 2.56. The Hall–Kier alpha value is -1.50. The summed E-state index contributed by atoms with van der Waals surface area (Å²) in [5.41, 5.74) is 1.30. The van der Waals surface area contributed by atoms with Crippen molar-refractivity contribution in [3.63, 3.8) is 0 Å². The molecule has 2 aliphatic rings. The highest BCUT2D eigenvalue weighted by molar-refractivity contribution is 6.31. The van der Waals surface area contributed by atoms with Crippen LogP contribution in [0.3, 0.4) is 0 Å². The molecule has 1 atom stereocenters. The van der Waals surface area contributed by atoms with E-state index in [4.69, 9.17) is 11.6 Å². The van der Waals surface area contributed by atoms with Crippen molar-refractivity contribution in [2.45, 2.75) is 58.3 Å². The second-order valence-electron chi connectivity index (χ2n) is 5.83. The molecule has 0 aromatic rings. The minimum Gasteiger partial charge on any atom is -0.340 e. The number of amides is 1. The molecule has 2 aliphatic heterocycles. The Morgan fingerprint density at radius 3 is 2.65 bits per heavy atom. The van der Waals surface area contributed by atoms with Gasteiger partial charge in [0.2, 0.25) is 5.91 Å². The molecule has 4 nitrogen and oxygen atoms in total. The Morgan fingerprint density at radius 1 is 1.48 bits per heavy atom. The Morgan fingerprint density at radius 2 is 2.13 bits per heavy atom. The Labute approximate surface area is 138 Å². The van der Waals surface area contributed by atoms with Crippen LogP contribution < -0.4 is 5.32 Å². The van der Waals surface area contributed by atoms with Gasteiger partial charge in [-0.1, -0.05) is 24.6 Å². The van der Waals surface area contributed by atoms with E-state index in [-0.39, 0.29) is 11.2 Å². The molecule has 8 heteroatoms. The number of carbonyl (C=O) groups is 1. The summed E-state index contributed by atoms with van der Waals surface area (Å²) in [7, 11) is 0. The monoisotopic (exact) mass is 349 g/mol. The zero-order valence-corrected chi connectivity index (χ0v) is 13.9. The largest absolute Gasteiger partial charge is 0.391 e. The van der Waals surface area contributed by atoms with E-state index in [1.165, 1.54) is 4.90 Å². The number of halogens is 4. The number of allylic oxidation sites excluding steroid dienone is 2. The van der Waals surface area contributed by atoms with Crippen LogP contribution in [0.15, 0.2) is 27.5 Å². The third-order valence-corrected chi connectivity index (χ3v) is 4.19. The smallest absolute Gasteiger partial charge is 0.340 e. The minimum atomic E-state index is -4.45. The van der Waals surface area contributed by atoms with Crippen LogP contribution in [0.25, 0.3) is 0 Å². The van der Waals surface area contributed by atoms with E-state index in [1.54, 1.807) is 19.9 Å². The van der Waals surface area contributed by atoms with Crippen molar-refractivity contribution in [3.8, 4) is 0 Å². The molecule has 1 N–H and O–H groups in total. The summed E-state index contributed by atoms with van der Waals surface area (Å²) >= 11 is 6.19. The molecule has 0 bridgehead atoms. The molecule has 1 fully saturated rings. The topological polar surface area (TPSA) is 44.7 Å². The Bertz CT molecular complexity index is 593. The molecule has 1 unspecified atom stereocenters. The SMILES string of the molecule is CCC1=C(Cl)N=C2C(=CC1)NC(=O)C(CC(F)(F)F)N2C(C)C. The summed E-state index contributed by atoms with van der Waals surface area (Å²) in [6.07, 6.45) is -2.74. The first-order valence-corrected chi connectivity index (χ1v) is 7.84. The fourth-order valence-corrected chi connectivity index (χ4v) is 3.02. The van der Waals surface area contributed by atoms with Gasteiger partial charge in [-0.25, -0.2) is 4.99 Å². The summed E-state index contributed by atoms with van der Waals surface area (Å²) in [6, 6.07) is -1.68. The standard InChI is InChI=1S/C15H19ClF3N3O/c1-4-9-5-6-10-13(21-12(9)16)22(8(2)3)11(14(23)20-10)7-15(17,18)19/h6,8,11H,4-5,7H2,1-3H3,(H,20,23). The van der Waals surface area contributed by atoms with E-state index in [0.29, 0.717) is 24.4 Å². The molecule has 0 saturated carbocycles. The highest BCUT2D eigenvalue weighted by Gasteiger charge is 2.44. The molecule has 1 amide bonds. The van der Waals surface area contributed by atoms with Gasteiger partial charge in [0.05, 0.1) is 12.1 Å². The zero-order chi connectivity index (χ0) is 17.4. The molecular weight excluding hydrogens is 331 g/mol. The van der Waals surface area contributed by atoms with Crippen molar-refractivity contribution < 1.29 is 18.0 Å². The number of amidine groups is 1. The van der Waals surface area contributed by atoms with Crippen molar-refractivity contribution in [3.05, 3.63) is 22.5 Å². The van der Waals surface area contributed by atoms with E-state index in [0.717, 1.165) is 5.57 Å². The summed E-state index contributed by atoms with van der Waals surface area (Å²) < 4.78 is 38.6. The molecule has 0 aliphatic carbocycles. The highest BCUT2D eigenvalue weighted by atomic mass is 35.5. The van der Waals surface area contributed by atoms with Crippen molar-refractivity contribution in [1.82, 2.24) is 10.2 Å². The van der Waals surface area contributed by atoms with Crippen molar-refractivity contribution in [1.29, 1.82) is 0 Å². The van der Waals surface area contributed by atoms with Gasteiger partial charge in [-0.05, 0) is 32.3 Å². The number of rotatable bonds is 3. The molecule has 1 saturated heterocycles. The van der Waals surface area contributed by atoms with Gasteiger partial charge < -0.3 is 10.2 Å². The normalized spacial score (nSPS) is 22.5. The summed E-state index contributed by atoms with van der Waals surface area (Å²) in [5, 5.41) is 2.82. The van der Waals surface area contributed by atoms with Gasteiger partial charge in [-0.2, -0.15) is 13.2 Å².